The van der Waals surface area contributed by atoms with E-state index in [-0.39, 0.29) is 5.91 Å². The average Bonchev–Trinajstić information content (AvgIpc) is 3.47. The van der Waals surface area contributed by atoms with Gasteiger partial charge in [-0.25, -0.2) is 4.98 Å². The van der Waals surface area contributed by atoms with Gasteiger partial charge in [-0.15, -0.1) is 11.3 Å². The summed E-state index contributed by atoms with van der Waals surface area (Å²) >= 11 is 1.62. The Morgan fingerprint density at radius 3 is 2.43 bits per heavy atom. The molecule has 1 amide bonds. The molecule has 0 aliphatic heterocycles. The maximum Gasteiger partial charge on any atom is 0.274 e. The fraction of sp³-hybridized carbons (Fsp3) is 0.385. The van der Waals surface area contributed by atoms with E-state index in [0.29, 0.717) is 11.6 Å². The molecule has 0 radical (unpaired) electrons. The fourth-order valence-corrected chi connectivity index (χ4v) is 4.61. The van der Waals surface area contributed by atoms with E-state index in [1.54, 1.807) is 11.3 Å². The monoisotopic (exact) mass is 418 g/mol. The molecule has 0 atom stereocenters. The minimum absolute atomic E-state index is 0.0755. The lowest BCUT2D eigenvalue weighted by Crippen LogP contribution is -2.35. The van der Waals surface area contributed by atoms with Crippen molar-refractivity contribution in [3.63, 3.8) is 0 Å². The van der Waals surface area contributed by atoms with Crippen LogP contribution in [0.1, 0.15) is 50.6 Å². The summed E-state index contributed by atoms with van der Waals surface area (Å²) in [5.41, 5.74) is 6.76. The standard InChI is InChI=1S/C26H30N2OS/c1-17-5-8-21(9-6-17)13-14-28(16-22-10-11-22)26(29)24-25(30-20(4)27-24)23-12-7-18(2)19(3)15-23/h5-9,12,15,22H,10-11,13-14,16H2,1-4H3. The van der Waals surface area contributed by atoms with Gasteiger partial charge in [-0.1, -0.05) is 48.0 Å². The molecule has 0 bridgehead atoms. The molecule has 0 N–H and O–H groups in total. The van der Waals surface area contributed by atoms with Crippen molar-refractivity contribution in [1.82, 2.24) is 9.88 Å². The zero-order chi connectivity index (χ0) is 21.3. The fourth-order valence-electron chi connectivity index (χ4n) is 3.71. The third-order valence-corrected chi connectivity index (χ3v) is 6.98. The van der Waals surface area contributed by atoms with E-state index in [4.69, 9.17) is 0 Å². The third-order valence-electron chi connectivity index (χ3n) is 5.96. The summed E-state index contributed by atoms with van der Waals surface area (Å²) in [5.74, 6) is 0.725. The van der Waals surface area contributed by atoms with Gasteiger partial charge in [0.2, 0.25) is 0 Å². The molecule has 0 spiro atoms. The first-order valence-corrected chi connectivity index (χ1v) is 11.6. The van der Waals surface area contributed by atoms with Crippen LogP contribution in [0.3, 0.4) is 0 Å². The van der Waals surface area contributed by atoms with Crippen LogP contribution in [-0.2, 0) is 6.42 Å². The van der Waals surface area contributed by atoms with E-state index in [1.807, 2.05) is 11.8 Å². The Morgan fingerprint density at radius 2 is 1.77 bits per heavy atom. The summed E-state index contributed by atoms with van der Waals surface area (Å²) in [6, 6.07) is 15.0. The first kappa shape index (κ1) is 20.8. The Hall–Kier alpha value is -2.46. The highest BCUT2D eigenvalue weighted by Gasteiger charge is 2.29. The molecule has 1 aliphatic rings. The second-order valence-corrected chi connectivity index (χ2v) is 9.84. The normalized spacial score (nSPS) is 13.5. The molecule has 4 rings (SSSR count). The van der Waals surface area contributed by atoms with Crippen LogP contribution in [0.4, 0.5) is 0 Å². The van der Waals surface area contributed by atoms with Crippen molar-refractivity contribution < 1.29 is 4.79 Å². The van der Waals surface area contributed by atoms with Gasteiger partial charge in [0.15, 0.2) is 0 Å². The van der Waals surface area contributed by atoms with Crippen LogP contribution in [0.2, 0.25) is 0 Å². The van der Waals surface area contributed by atoms with Gasteiger partial charge in [-0.05, 0) is 75.1 Å². The molecular formula is C26H30N2OS. The minimum atomic E-state index is 0.0755. The number of carbonyl (C=O) groups excluding carboxylic acids is 1. The maximum atomic E-state index is 13.6. The Bertz CT molecular complexity index is 1050. The Balaban J connectivity index is 1.59. The number of aromatic nitrogens is 1. The number of nitrogens with zero attached hydrogens (tertiary/aromatic N) is 2. The predicted molar refractivity (Wildman–Crippen MR) is 125 cm³/mol. The van der Waals surface area contributed by atoms with Crippen LogP contribution in [-0.4, -0.2) is 28.9 Å². The van der Waals surface area contributed by atoms with Gasteiger partial charge in [-0.2, -0.15) is 0 Å². The van der Waals surface area contributed by atoms with Crippen molar-refractivity contribution in [2.45, 2.75) is 47.0 Å². The minimum Gasteiger partial charge on any atom is -0.337 e. The highest BCUT2D eigenvalue weighted by molar-refractivity contribution is 7.15. The number of rotatable bonds is 7. The molecule has 1 heterocycles. The average molecular weight is 419 g/mol. The molecule has 1 aliphatic carbocycles. The second kappa shape index (κ2) is 8.73. The number of hydrogen-bond donors (Lipinski definition) is 0. The number of aryl methyl sites for hydroxylation is 4. The summed E-state index contributed by atoms with van der Waals surface area (Å²) in [5, 5.41) is 0.941. The SMILES string of the molecule is Cc1ccc(CCN(CC2CC2)C(=O)c2nc(C)sc2-c2ccc(C)c(C)c2)cc1. The number of thiazole rings is 1. The largest absolute Gasteiger partial charge is 0.337 e. The van der Waals surface area contributed by atoms with Gasteiger partial charge in [0, 0.05) is 13.1 Å². The molecule has 3 aromatic rings. The van der Waals surface area contributed by atoms with Gasteiger partial charge >= 0.3 is 0 Å². The van der Waals surface area contributed by atoms with E-state index in [2.05, 4.69) is 68.2 Å². The smallest absolute Gasteiger partial charge is 0.274 e. The summed E-state index contributed by atoms with van der Waals surface area (Å²) in [6.07, 6.45) is 3.34. The van der Waals surface area contributed by atoms with Crippen molar-refractivity contribution >= 4 is 17.2 Å². The highest BCUT2D eigenvalue weighted by atomic mass is 32.1. The van der Waals surface area contributed by atoms with Crippen LogP contribution < -0.4 is 0 Å². The zero-order valence-electron chi connectivity index (χ0n) is 18.4. The van der Waals surface area contributed by atoms with Crippen LogP contribution >= 0.6 is 11.3 Å². The van der Waals surface area contributed by atoms with Crippen LogP contribution in [0.5, 0.6) is 0 Å². The van der Waals surface area contributed by atoms with Crippen molar-refractivity contribution in [2.75, 3.05) is 13.1 Å². The van der Waals surface area contributed by atoms with E-state index in [0.717, 1.165) is 35.0 Å². The number of hydrogen-bond acceptors (Lipinski definition) is 3. The lowest BCUT2D eigenvalue weighted by Gasteiger charge is -2.22. The van der Waals surface area contributed by atoms with Crippen LogP contribution in [0.15, 0.2) is 42.5 Å². The molecule has 3 nitrogen and oxygen atoms in total. The molecule has 1 fully saturated rings. The lowest BCUT2D eigenvalue weighted by atomic mass is 10.0. The van der Waals surface area contributed by atoms with Gasteiger partial charge in [0.05, 0.1) is 9.88 Å². The molecule has 1 aromatic heterocycles. The lowest BCUT2D eigenvalue weighted by molar-refractivity contribution is 0.0745. The van der Waals surface area contributed by atoms with Crippen molar-refractivity contribution in [3.8, 4) is 10.4 Å². The summed E-state index contributed by atoms with van der Waals surface area (Å²) in [6.45, 7) is 9.91. The molecule has 1 saturated carbocycles. The Morgan fingerprint density at radius 1 is 1.03 bits per heavy atom. The van der Waals surface area contributed by atoms with E-state index >= 15 is 0 Å². The first-order valence-electron chi connectivity index (χ1n) is 10.8. The molecule has 156 valence electrons. The summed E-state index contributed by atoms with van der Waals surface area (Å²) in [7, 11) is 0. The van der Waals surface area contributed by atoms with Gasteiger partial charge in [-0.3, -0.25) is 4.79 Å². The first-order chi connectivity index (χ1) is 14.4. The second-order valence-electron chi connectivity index (χ2n) is 8.64. The predicted octanol–water partition coefficient (Wildman–Crippen LogP) is 6.14. The number of benzene rings is 2. The van der Waals surface area contributed by atoms with Crippen LogP contribution in [0, 0.1) is 33.6 Å². The third kappa shape index (κ3) is 4.81. The zero-order valence-corrected chi connectivity index (χ0v) is 19.2. The maximum absolute atomic E-state index is 13.6. The number of amides is 1. The van der Waals surface area contributed by atoms with E-state index in [1.165, 1.54) is 35.1 Å². The highest BCUT2D eigenvalue weighted by Crippen LogP contribution is 2.34. The molecule has 0 saturated heterocycles. The van der Waals surface area contributed by atoms with Crippen molar-refractivity contribution in [1.29, 1.82) is 0 Å². The number of carbonyl (C=O) groups is 1. The molecular weight excluding hydrogens is 388 g/mol. The van der Waals surface area contributed by atoms with Gasteiger partial charge in [0.1, 0.15) is 5.69 Å². The molecule has 0 unspecified atom stereocenters. The Labute approximate surface area is 183 Å². The molecule has 30 heavy (non-hydrogen) atoms. The van der Waals surface area contributed by atoms with E-state index < -0.39 is 0 Å². The quantitative estimate of drug-likeness (QED) is 0.462. The van der Waals surface area contributed by atoms with Crippen LogP contribution in [0.25, 0.3) is 10.4 Å². The Kier molecular flexibility index (Phi) is 6.05. The van der Waals surface area contributed by atoms with Gasteiger partial charge in [0.25, 0.3) is 5.91 Å². The molecule has 4 heteroatoms. The molecule has 2 aromatic carbocycles. The van der Waals surface area contributed by atoms with Crippen molar-refractivity contribution in [2.24, 2.45) is 5.92 Å². The van der Waals surface area contributed by atoms with E-state index in [9.17, 15) is 4.79 Å². The summed E-state index contributed by atoms with van der Waals surface area (Å²) < 4.78 is 0. The summed E-state index contributed by atoms with van der Waals surface area (Å²) in [4.78, 5) is 21.3. The van der Waals surface area contributed by atoms with Crippen molar-refractivity contribution in [3.05, 3.63) is 75.4 Å². The topological polar surface area (TPSA) is 33.2 Å². The van der Waals surface area contributed by atoms with Gasteiger partial charge < -0.3 is 4.90 Å².